The molecular weight excluding hydrogens is 522 g/mol. The summed E-state index contributed by atoms with van der Waals surface area (Å²) in [6.07, 6.45) is 4.99. The third-order valence-electron chi connectivity index (χ3n) is 6.21. The van der Waals surface area contributed by atoms with Gasteiger partial charge in [-0.05, 0) is 61.4 Å². The molecule has 8 nitrogen and oxygen atoms in total. The van der Waals surface area contributed by atoms with Gasteiger partial charge in [0.1, 0.15) is 11.5 Å². The van der Waals surface area contributed by atoms with Crippen LogP contribution >= 0.6 is 11.3 Å². The first-order chi connectivity index (χ1) is 18.4. The molecule has 0 spiro atoms. The Morgan fingerprint density at radius 3 is 2.34 bits per heavy atom. The molecule has 0 unspecified atom stereocenters. The minimum Gasteiger partial charge on any atom is -0.497 e. The number of nitrogens with zero attached hydrogens (tertiary/aromatic N) is 3. The van der Waals surface area contributed by atoms with Gasteiger partial charge < -0.3 is 9.15 Å². The Labute approximate surface area is 227 Å². The van der Waals surface area contributed by atoms with Crippen molar-refractivity contribution in [2.45, 2.75) is 51.0 Å². The summed E-state index contributed by atoms with van der Waals surface area (Å²) in [4.78, 5) is 20.1. The number of sulfonamides is 1. The molecule has 38 heavy (non-hydrogen) atoms. The van der Waals surface area contributed by atoms with Crippen molar-refractivity contribution >= 4 is 42.6 Å². The summed E-state index contributed by atoms with van der Waals surface area (Å²) in [5.74, 6) is 0.990. The summed E-state index contributed by atoms with van der Waals surface area (Å²) in [6.45, 7) is 5.24. The monoisotopic (exact) mass is 555 g/mol. The number of hydrogen-bond donors (Lipinski definition) is 0. The highest BCUT2D eigenvalue weighted by Crippen LogP contribution is 2.33. The Bertz CT molecular complexity index is 1440. The molecule has 1 amide bonds. The Balaban J connectivity index is 1.63. The van der Waals surface area contributed by atoms with Crippen molar-refractivity contribution in [1.29, 1.82) is 0 Å². The quantitative estimate of drug-likeness (QED) is 0.191. The predicted octanol–water partition coefficient (Wildman–Crippen LogP) is 6.34. The van der Waals surface area contributed by atoms with Crippen LogP contribution in [0.15, 0.2) is 70.2 Å². The Hall–Kier alpha value is -3.21. The number of thiazole rings is 1. The number of aromatic nitrogens is 1. The molecule has 0 bridgehead atoms. The van der Waals surface area contributed by atoms with Gasteiger partial charge in [-0.3, -0.25) is 9.69 Å². The number of carbonyl (C=O) groups excluding carboxylic acids is 1. The number of carbonyl (C=O) groups is 1. The average Bonchev–Trinajstić information content (AvgIpc) is 3.60. The number of methoxy groups -OCH3 is 1. The van der Waals surface area contributed by atoms with Crippen LogP contribution < -0.4 is 9.64 Å². The predicted molar refractivity (Wildman–Crippen MR) is 150 cm³/mol. The Kier molecular flexibility index (Phi) is 9.19. The summed E-state index contributed by atoms with van der Waals surface area (Å²) in [6, 6.07) is 15.3. The van der Waals surface area contributed by atoms with Crippen molar-refractivity contribution in [1.82, 2.24) is 9.29 Å². The van der Waals surface area contributed by atoms with E-state index in [2.05, 4.69) is 4.98 Å². The van der Waals surface area contributed by atoms with Crippen LogP contribution in [0.1, 0.15) is 55.6 Å². The first kappa shape index (κ1) is 27.8. The van der Waals surface area contributed by atoms with Crippen LogP contribution in [0.25, 0.3) is 10.2 Å². The Morgan fingerprint density at radius 2 is 1.74 bits per heavy atom. The van der Waals surface area contributed by atoms with Gasteiger partial charge in [-0.15, -0.1) is 0 Å². The molecule has 2 heterocycles. The van der Waals surface area contributed by atoms with Gasteiger partial charge in [0.15, 0.2) is 5.13 Å². The van der Waals surface area contributed by atoms with E-state index < -0.39 is 10.0 Å². The maximum absolute atomic E-state index is 13.7. The largest absolute Gasteiger partial charge is 0.497 e. The van der Waals surface area contributed by atoms with E-state index in [1.54, 1.807) is 46.8 Å². The van der Waals surface area contributed by atoms with Gasteiger partial charge in [-0.25, -0.2) is 13.4 Å². The fraction of sp³-hybridized carbons (Fsp3) is 0.357. The van der Waals surface area contributed by atoms with Gasteiger partial charge >= 0.3 is 0 Å². The Morgan fingerprint density at radius 1 is 1.03 bits per heavy atom. The molecule has 0 saturated carbocycles. The second-order valence-corrected chi connectivity index (χ2v) is 11.9. The van der Waals surface area contributed by atoms with Crippen LogP contribution in [-0.4, -0.2) is 43.8 Å². The highest BCUT2D eigenvalue weighted by molar-refractivity contribution is 7.89. The van der Waals surface area contributed by atoms with E-state index >= 15 is 0 Å². The van der Waals surface area contributed by atoms with Gasteiger partial charge in [0.05, 0.1) is 35.0 Å². The third kappa shape index (κ3) is 6.25. The molecule has 10 heteroatoms. The zero-order valence-corrected chi connectivity index (χ0v) is 23.6. The minimum atomic E-state index is -3.65. The first-order valence-corrected chi connectivity index (χ1v) is 15.0. The summed E-state index contributed by atoms with van der Waals surface area (Å²) in [5, 5.41) is 0.511. The van der Waals surface area contributed by atoms with Crippen LogP contribution in [0.4, 0.5) is 5.13 Å². The molecule has 0 radical (unpaired) electrons. The molecule has 0 aliphatic heterocycles. The van der Waals surface area contributed by atoms with Crippen molar-refractivity contribution in [2.75, 3.05) is 25.1 Å². The molecule has 2 aromatic heterocycles. The minimum absolute atomic E-state index is 0.185. The van der Waals surface area contributed by atoms with E-state index in [-0.39, 0.29) is 17.3 Å². The number of anilines is 1. The summed E-state index contributed by atoms with van der Waals surface area (Å²) in [7, 11) is -2.06. The number of amides is 1. The molecule has 0 fully saturated rings. The number of furan rings is 1. The smallest absolute Gasteiger partial charge is 0.260 e. The fourth-order valence-corrected chi connectivity index (χ4v) is 6.48. The van der Waals surface area contributed by atoms with Crippen LogP contribution in [0.5, 0.6) is 5.75 Å². The summed E-state index contributed by atoms with van der Waals surface area (Å²) >= 11 is 1.39. The zero-order valence-electron chi connectivity index (χ0n) is 21.9. The molecule has 0 aliphatic rings. The molecule has 4 rings (SSSR count). The molecule has 0 atom stereocenters. The number of unbranched alkanes of at least 4 members (excludes halogenated alkanes) is 2. The molecule has 0 aliphatic carbocycles. The SMILES string of the molecule is CCCCN(CCCC)S(=O)(=O)c1ccc(C(=O)N(Cc2ccco2)c2nc3cc(OC)ccc3s2)cc1. The van der Waals surface area contributed by atoms with Crippen LogP contribution in [0.3, 0.4) is 0 Å². The van der Waals surface area contributed by atoms with Crippen molar-refractivity contribution in [3.05, 3.63) is 72.2 Å². The maximum Gasteiger partial charge on any atom is 0.260 e. The van der Waals surface area contributed by atoms with E-state index in [1.165, 1.54) is 23.5 Å². The maximum atomic E-state index is 13.7. The number of benzene rings is 2. The lowest BCUT2D eigenvalue weighted by molar-refractivity contribution is 0.0983. The van der Waals surface area contributed by atoms with Gasteiger partial charge in [0.2, 0.25) is 10.0 Å². The highest BCUT2D eigenvalue weighted by Gasteiger charge is 2.26. The van der Waals surface area contributed by atoms with E-state index in [4.69, 9.17) is 9.15 Å². The van der Waals surface area contributed by atoms with E-state index in [0.29, 0.717) is 35.3 Å². The van der Waals surface area contributed by atoms with Crippen LogP contribution in [0, 0.1) is 0 Å². The van der Waals surface area contributed by atoms with Crippen molar-refractivity contribution < 1.29 is 22.4 Å². The summed E-state index contributed by atoms with van der Waals surface area (Å²) in [5.41, 5.74) is 1.09. The van der Waals surface area contributed by atoms with E-state index in [0.717, 1.165) is 35.9 Å². The molecule has 2 aromatic carbocycles. The highest BCUT2D eigenvalue weighted by atomic mass is 32.2. The lowest BCUT2D eigenvalue weighted by Crippen LogP contribution is -2.33. The molecule has 0 saturated heterocycles. The fourth-order valence-electron chi connectivity index (χ4n) is 4.02. The zero-order chi connectivity index (χ0) is 27.1. The van der Waals surface area contributed by atoms with Crippen LogP contribution in [0.2, 0.25) is 0 Å². The van der Waals surface area contributed by atoms with Crippen LogP contribution in [-0.2, 0) is 16.6 Å². The van der Waals surface area contributed by atoms with E-state index in [9.17, 15) is 13.2 Å². The van der Waals surface area contributed by atoms with Gasteiger partial charge in [-0.1, -0.05) is 38.0 Å². The standard InChI is InChI=1S/C28H33N3O5S2/c1-4-6-16-30(17-7-5-2)38(33,34)24-13-10-21(11-14-24)27(32)31(20-23-9-8-18-36-23)28-29-25-19-22(35-3)12-15-26(25)37-28/h8-15,18-19H,4-7,16-17,20H2,1-3H3. The van der Waals surface area contributed by atoms with Gasteiger partial charge in [-0.2, -0.15) is 4.31 Å². The number of hydrogen-bond acceptors (Lipinski definition) is 7. The van der Waals surface area contributed by atoms with Crippen molar-refractivity contribution in [3.63, 3.8) is 0 Å². The van der Waals surface area contributed by atoms with Gasteiger partial charge in [0, 0.05) is 24.7 Å². The first-order valence-electron chi connectivity index (χ1n) is 12.8. The number of rotatable bonds is 13. The molecule has 0 N–H and O–H groups in total. The lowest BCUT2D eigenvalue weighted by atomic mass is 10.2. The van der Waals surface area contributed by atoms with Gasteiger partial charge in [0.25, 0.3) is 5.91 Å². The molecule has 202 valence electrons. The average molecular weight is 556 g/mol. The number of ether oxygens (including phenoxy) is 1. The third-order valence-corrected chi connectivity index (χ3v) is 9.19. The van der Waals surface area contributed by atoms with E-state index in [1.807, 2.05) is 32.0 Å². The topological polar surface area (TPSA) is 93.0 Å². The lowest BCUT2D eigenvalue weighted by Gasteiger charge is -2.22. The normalized spacial score (nSPS) is 11.8. The summed E-state index contributed by atoms with van der Waals surface area (Å²) < 4.78 is 40.0. The molecule has 4 aromatic rings. The number of fused-ring (bicyclic) bond motifs is 1. The molecular formula is C28H33N3O5S2. The second-order valence-electron chi connectivity index (χ2n) is 8.94. The van der Waals surface area contributed by atoms with Crippen molar-refractivity contribution in [3.8, 4) is 5.75 Å². The van der Waals surface area contributed by atoms with Crippen molar-refractivity contribution in [2.24, 2.45) is 0 Å². The second kappa shape index (κ2) is 12.6.